The number of carboxylic acid groups (broad SMARTS) is 1. The van der Waals surface area contributed by atoms with Crippen molar-refractivity contribution in [3.63, 3.8) is 0 Å². The number of amides is 1. The molecule has 0 bridgehead atoms. The molecule has 0 spiro atoms. The maximum absolute atomic E-state index is 12.3. The Morgan fingerprint density at radius 2 is 1.64 bits per heavy atom. The van der Waals surface area contributed by atoms with Gasteiger partial charge in [0, 0.05) is 5.92 Å². The number of benzene rings is 2. The smallest absolute Gasteiger partial charge is 0.407 e. The number of rotatable bonds is 8. The minimum absolute atomic E-state index is 0.0426. The second-order valence-electron chi connectivity index (χ2n) is 7.41. The normalized spacial score (nSPS) is 14.6. The van der Waals surface area contributed by atoms with Crippen LogP contribution in [0, 0.1) is 5.92 Å². The zero-order chi connectivity index (χ0) is 20.1. The second-order valence-corrected chi connectivity index (χ2v) is 7.41. The Morgan fingerprint density at radius 3 is 2.18 bits per heavy atom. The highest BCUT2D eigenvalue weighted by atomic mass is 16.5. The molecule has 148 valence electrons. The number of aliphatic carboxylic acids is 1. The summed E-state index contributed by atoms with van der Waals surface area (Å²) in [5.41, 5.74) is 4.57. The van der Waals surface area contributed by atoms with Crippen LogP contribution in [0.25, 0.3) is 11.1 Å². The third-order valence-electron chi connectivity index (χ3n) is 5.47. The van der Waals surface area contributed by atoms with E-state index in [0.717, 1.165) is 41.5 Å². The van der Waals surface area contributed by atoms with Gasteiger partial charge in [0.1, 0.15) is 12.6 Å². The number of ether oxygens (including phenoxy) is 1. The van der Waals surface area contributed by atoms with Gasteiger partial charge >= 0.3 is 12.1 Å². The van der Waals surface area contributed by atoms with E-state index in [0.29, 0.717) is 0 Å². The van der Waals surface area contributed by atoms with Gasteiger partial charge in [0.15, 0.2) is 0 Å². The Labute approximate surface area is 165 Å². The number of hydrogen-bond donors (Lipinski definition) is 2. The molecule has 0 fully saturated rings. The summed E-state index contributed by atoms with van der Waals surface area (Å²) < 4.78 is 5.46. The van der Waals surface area contributed by atoms with Gasteiger partial charge in [0.05, 0.1) is 0 Å². The van der Waals surface area contributed by atoms with Crippen LogP contribution in [0.2, 0.25) is 0 Å². The van der Waals surface area contributed by atoms with E-state index in [-0.39, 0.29) is 18.4 Å². The lowest BCUT2D eigenvalue weighted by Crippen LogP contribution is -2.45. The molecule has 1 aliphatic rings. The minimum atomic E-state index is -1.03. The largest absolute Gasteiger partial charge is 0.480 e. The van der Waals surface area contributed by atoms with Crippen molar-refractivity contribution in [2.75, 3.05) is 6.61 Å². The van der Waals surface area contributed by atoms with E-state index in [1.165, 1.54) is 0 Å². The first kappa shape index (κ1) is 19.9. The molecule has 1 amide bonds. The van der Waals surface area contributed by atoms with E-state index in [9.17, 15) is 14.7 Å². The van der Waals surface area contributed by atoms with Gasteiger partial charge in [-0.2, -0.15) is 0 Å². The first-order valence-electron chi connectivity index (χ1n) is 9.87. The molecular weight excluding hydrogens is 354 g/mol. The number of carbonyl (C=O) groups is 2. The molecule has 0 heterocycles. The standard InChI is InChI=1S/C23H27NO4/c1-3-4-9-15(2)21(22(25)26)24-23(27)28-14-20-18-12-7-5-10-16(18)17-11-6-8-13-19(17)20/h5-8,10-13,15,20-21H,3-4,9,14H2,1-2H3,(H,24,27)(H,25,26)/t15-,21+/m1/s1. The molecule has 0 unspecified atom stereocenters. The molecule has 2 aromatic rings. The minimum Gasteiger partial charge on any atom is -0.480 e. The number of alkyl carbamates (subject to hydrolysis) is 1. The molecule has 0 aliphatic heterocycles. The molecule has 2 N–H and O–H groups in total. The van der Waals surface area contributed by atoms with Crippen molar-refractivity contribution in [1.82, 2.24) is 5.32 Å². The lowest BCUT2D eigenvalue weighted by Gasteiger charge is -2.22. The predicted octanol–water partition coefficient (Wildman–Crippen LogP) is 4.80. The number of nitrogens with one attached hydrogen (secondary N) is 1. The lowest BCUT2D eigenvalue weighted by atomic mass is 9.96. The van der Waals surface area contributed by atoms with Crippen LogP contribution in [-0.2, 0) is 9.53 Å². The highest BCUT2D eigenvalue weighted by Gasteiger charge is 2.30. The Kier molecular flexibility index (Phi) is 6.34. The molecular formula is C23H27NO4. The van der Waals surface area contributed by atoms with Crippen molar-refractivity contribution in [3.8, 4) is 11.1 Å². The molecule has 3 rings (SSSR count). The Morgan fingerprint density at radius 1 is 1.07 bits per heavy atom. The molecule has 5 nitrogen and oxygen atoms in total. The van der Waals surface area contributed by atoms with E-state index < -0.39 is 18.1 Å². The summed E-state index contributed by atoms with van der Waals surface area (Å²) in [6.07, 6.45) is 1.98. The molecule has 0 saturated heterocycles. The van der Waals surface area contributed by atoms with Crippen LogP contribution in [-0.4, -0.2) is 29.8 Å². The monoisotopic (exact) mass is 381 g/mol. The summed E-state index contributed by atoms with van der Waals surface area (Å²) >= 11 is 0. The van der Waals surface area contributed by atoms with Crippen molar-refractivity contribution < 1.29 is 19.4 Å². The predicted molar refractivity (Wildman–Crippen MR) is 108 cm³/mol. The van der Waals surface area contributed by atoms with Crippen LogP contribution < -0.4 is 5.32 Å². The van der Waals surface area contributed by atoms with Gasteiger partial charge in [-0.05, 0) is 34.6 Å². The third kappa shape index (κ3) is 4.19. The average Bonchev–Trinajstić information content (AvgIpc) is 3.02. The summed E-state index contributed by atoms with van der Waals surface area (Å²) in [5.74, 6) is -1.23. The summed E-state index contributed by atoms with van der Waals surface area (Å²) in [6, 6.07) is 15.3. The van der Waals surface area contributed by atoms with E-state index >= 15 is 0 Å². The van der Waals surface area contributed by atoms with Gasteiger partial charge < -0.3 is 15.2 Å². The van der Waals surface area contributed by atoms with Crippen molar-refractivity contribution >= 4 is 12.1 Å². The molecule has 0 aromatic heterocycles. The Hall–Kier alpha value is -2.82. The highest BCUT2D eigenvalue weighted by Crippen LogP contribution is 2.44. The molecule has 2 aromatic carbocycles. The number of hydrogen-bond acceptors (Lipinski definition) is 3. The van der Waals surface area contributed by atoms with Gasteiger partial charge in [-0.3, -0.25) is 0 Å². The topological polar surface area (TPSA) is 75.6 Å². The summed E-state index contributed by atoms with van der Waals surface area (Å²) in [7, 11) is 0. The number of carbonyl (C=O) groups excluding carboxylic acids is 1. The quantitative estimate of drug-likeness (QED) is 0.688. The SMILES string of the molecule is CCCC[C@@H](C)[C@H](NC(=O)OCC1c2ccccc2-c2ccccc21)C(=O)O. The van der Waals surface area contributed by atoms with E-state index in [1.807, 2.05) is 43.3 Å². The van der Waals surface area contributed by atoms with Crippen LogP contribution in [0.1, 0.15) is 50.2 Å². The van der Waals surface area contributed by atoms with Crippen molar-refractivity contribution in [1.29, 1.82) is 0 Å². The molecule has 0 radical (unpaired) electrons. The number of carboxylic acids is 1. The van der Waals surface area contributed by atoms with Crippen LogP contribution in [0.15, 0.2) is 48.5 Å². The van der Waals surface area contributed by atoms with Crippen molar-refractivity contribution in [2.24, 2.45) is 5.92 Å². The Balaban J connectivity index is 1.67. The molecule has 28 heavy (non-hydrogen) atoms. The van der Waals surface area contributed by atoms with Crippen LogP contribution in [0.4, 0.5) is 4.79 Å². The van der Waals surface area contributed by atoms with Gasteiger partial charge in [-0.25, -0.2) is 9.59 Å². The fourth-order valence-corrected chi connectivity index (χ4v) is 3.91. The summed E-state index contributed by atoms with van der Waals surface area (Å²) in [5, 5.41) is 12.0. The van der Waals surface area contributed by atoms with Gasteiger partial charge in [-0.15, -0.1) is 0 Å². The molecule has 1 aliphatic carbocycles. The van der Waals surface area contributed by atoms with Crippen molar-refractivity contribution in [3.05, 3.63) is 59.7 Å². The maximum Gasteiger partial charge on any atom is 0.407 e. The number of unbranched alkanes of at least 4 members (excludes halogenated alkanes) is 1. The van der Waals surface area contributed by atoms with Crippen LogP contribution >= 0.6 is 0 Å². The van der Waals surface area contributed by atoms with Gasteiger partial charge in [0.25, 0.3) is 0 Å². The zero-order valence-electron chi connectivity index (χ0n) is 16.4. The number of fused-ring (bicyclic) bond motifs is 3. The average molecular weight is 381 g/mol. The summed E-state index contributed by atoms with van der Waals surface area (Å²) in [4.78, 5) is 23.9. The van der Waals surface area contributed by atoms with Gasteiger partial charge in [0.2, 0.25) is 0 Å². The van der Waals surface area contributed by atoms with E-state index in [2.05, 4.69) is 24.4 Å². The van der Waals surface area contributed by atoms with Gasteiger partial charge in [-0.1, -0.05) is 75.2 Å². The maximum atomic E-state index is 12.3. The first-order chi connectivity index (χ1) is 13.5. The molecule has 2 atom stereocenters. The van der Waals surface area contributed by atoms with E-state index in [4.69, 9.17) is 4.74 Å². The van der Waals surface area contributed by atoms with E-state index in [1.54, 1.807) is 0 Å². The molecule has 5 heteroatoms. The first-order valence-corrected chi connectivity index (χ1v) is 9.87. The summed E-state index contributed by atoms with van der Waals surface area (Å²) in [6.45, 7) is 4.08. The third-order valence-corrected chi connectivity index (χ3v) is 5.47. The lowest BCUT2D eigenvalue weighted by molar-refractivity contribution is -0.140. The second kappa shape index (κ2) is 8.91. The zero-order valence-corrected chi connectivity index (χ0v) is 16.4. The Bertz CT molecular complexity index is 803. The van der Waals surface area contributed by atoms with Crippen LogP contribution in [0.3, 0.4) is 0 Å². The van der Waals surface area contributed by atoms with Crippen molar-refractivity contribution in [2.45, 2.75) is 45.1 Å². The fourth-order valence-electron chi connectivity index (χ4n) is 3.91. The molecule has 0 saturated carbocycles. The fraction of sp³-hybridized carbons (Fsp3) is 0.391. The van der Waals surface area contributed by atoms with Crippen LogP contribution in [0.5, 0.6) is 0 Å². The highest BCUT2D eigenvalue weighted by molar-refractivity contribution is 5.81.